The van der Waals surface area contributed by atoms with E-state index < -0.39 is 0 Å². The molecule has 0 saturated heterocycles. The molecule has 9 aromatic rings. The first kappa shape index (κ1) is 27.8. The first-order chi connectivity index (χ1) is 24.3. The number of hydrogen-bond donors (Lipinski definition) is 0. The van der Waals surface area contributed by atoms with Gasteiger partial charge < -0.3 is 0 Å². The molecule has 0 nitrogen and oxygen atoms in total. The molecule has 228 valence electrons. The maximum atomic E-state index is 2.43. The van der Waals surface area contributed by atoms with Gasteiger partial charge in [0.2, 0.25) is 0 Å². The lowest BCUT2D eigenvalue weighted by Crippen LogP contribution is -1.92. The predicted molar refractivity (Wildman–Crippen MR) is 209 cm³/mol. The quantitative estimate of drug-likeness (QED) is 0.172. The monoisotopic (exact) mass is 620 g/mol. The first-order valence-electron chi connectivity index (χ1n) is 17.1. The molecule has 0 atom stereocenters. The van der Waals surface area contributed by atoms with Crippen molar-refractivity contribution >= 4 is 32.3 Å². The molecule has 0 heterocycles. The third kappa shape index (κ3) is 4.45. The van der Waals surface area contributed by atoms with E-state index >= 15 is 0 Å². The molecule has 0 saturated carbocycles. The predicted octanol–water partition coefficient (Wildman–Crippen LogP) is 13.4. The lowest BCUT2D eigenvalue weighted by Gasteiger charge is -2.15. The summed E-state index contributed by atoms with van der Waals surface area (Å²) in [5.41, 5.74) is 15.7. The van der Waals surface area contributed by atoms with Gasteiger partial charge in [-0.1, -0.05) is 176 Å². The number of fused-ring (bicyclic) bond motifs is 9. The molecule has 0 amide bonds. The summed E-state index contributed by atoms with van der Waals surface area (Å²) in [7, 11) is 0. The van der Waals surface area contributed by atoms with E-state index in [0.29, 0.717) is 0 Å². The summed E-state index contributed by atoms with van der Waals surface area (Å²) in [6.07, 6.45) is 0.912. The van der Waals surface area contributed by atoms with Gasteiger partial charge in [0.15, 0.2) is 0 Å². The zero-order valence-electron chi connectivity index (χ0n) is 27.0. The Kier molecular flexibility index (Phi) is 6.35. The molecule has 9 aromatic carbocycles. The van der Waals surface area contributed by atoms with Crippen LogP contribution in [0.4, 0.5) is 0 Å². The van der Waals surface area contributed by atoms with Crippen molar-refractivity contribution < 1.29 is 0 Å². The van der Waals surface area contributed by atoms with Crippen LogP contribution in [0, 0.1) is 0 Å². The zero-order chi connectivity index (χ0) is 32.3. The normalized spacial score (nSPS) is 12.0. The molecule has 0 unspecified atom stereocenters. The molecule has 0 radical (unpaired) electrons. The van der Waals surface area contributed by atoms with E-state index in [2.05, 4.69) is 182 Å². The summed E-state index contributed by atoms with van der Waals surface area (Å²) in [6.45, 7) is 0. The minimum atomic E-state index is 0.912. The molecule has 10 rings (SSSR count). The van der Waals surface area contributed by atoms with Crippen molar-refractivity contribution in [2.75, 3.05) is 0 Å². The highest BCUT2D eigenvalue weighted by atomic mass is 14.3. The third-order valence-corrected chi connectivity index (χ3v) is 10.6. The number of hydrogen-bond acceptors (Lipinski definition) is 0. The highest BCUT2D eigenvalue weighted by Gasteiger charge is 2.25. The Balaban J connectivity index is 1.08. The van der Waals surface area contributed by atoms with Crippen molar-refractivity contribution in [3.63, 3.8) is 0 Å². The molecule has 0 spiro atoms. The summed E-state index contributed by atoms with van der Waals surface area (Å²) in [6, 6.07) is 67.0. The van der Waals surface area contributed by atoms with Crippen LogP contribution in [-0.2, 0) is 6.42 Å². The minimum absolute atomic E-state index is 0.912. The van der Waals surface area contributed by atoms with Gasteiger partial charge in [-0.2, -0.15) is 0 Å². The Hall–Kier alpha value is -6.24. The van der Waals surface area contributed by atoms with Gasteiger partial charge in [-0.3, -0.25) is 0 Å². The van der Waals surface area contributed by atoms with E-state index in [1.807, 2.05) is 0 Å². The summed E-state index contributed by atoms with van der Waals surface area (Å²) in [5, 5.41) is 7.87. The fraction of sp³-hybridized carbons (Fsp3) is 0.0204. The molecule has 0 bridgehead atoms. The Morgan fingerprint density at radius 2 is 0.633 bits per heavy atom. The van der Waals surface area contributed by atoms with Crippen LogP contribution in [-0.4, -0.2) is 0 Å². The van der Waals surface area contributed by atoms with Gasteiger partial charge in [-0.05, 0) is 112 Å². The summed E-state index contributed by atoms with van der Waals surface area (Å²) in [4.78, 5) is 0. The highest BCUT2D eigenvalue weighted by Crippen LogP contribution is 2.47. The molecule has 0 heteroatoms. The van der Waals surface area contributed by atoms with Crippen LogP contribution in [0.5, 0.6) is 0 Å². The molecule has 1 aliphatic carbocycles. The summed E-state index contributed by atoms with van der Waals surface area (Å²) < 4.78 is 0. The van der Waals surface area contributed by atoms with Crippen LogP contribution in [0.2, 0.25) is 0 Å². The molecular weight excluding hydrogens is 589 g/mol. The summed E-state index contributed by atoms with van der Waals surface area (Å²) in [5.74, 6) is 0. The SMILES string of the molecule is c1ccc(-c2ccc(-c3ccccc3-c3cccc4c3Cc3c(-c5ccc6c7ccccc7c7ccccc7c6c5)cccc3-4)cc2)cc1. The fourth-order valence-corrected chi connectivity index (χ4v) is 8.28. The van der Waals surface area contributed by atoms with Gasteiger partial charge in [0.25, 0.3) is 0 Å². The Bertz CT molecular complexity index is 2680. The van der Waals surface area contributed by atoms with E-state index in [1.165, 1.54) is 99.1 Å². The van der Waals surface area contributed by atoms with Crippen molar-refractivity contribution in [3.05, 3.63) is 193 Å². The van der Waals surface area contributed by atoms with Crippen LogP contribution in [0.25, 0.3) is 88.0 Å². The molecule has 49 heavy (non-hydrogen) atoms. The van der Waals surface area contributed by atoms with Gasteiger partial charge >= 0.3 is 0 Å². The second-order valence-corrected chi connectivity index (χ2v) is 13.2. The maximum absolute atomic E-state index is 2.43. The Labute approximate surface area is 286 Å². The molecule has 0 aromatic heterocycles. The van der Waals surface area contributed by atoms with Crippen LogP contribution >= 0.6 is 0 Å². The van der Waals surface area contributed by atoms with Crippen molar-refractivity contribution in [2.45, 2.75) is 6.42 Å². The maximum Gasteiger partial charge on any atom is -0.000111 e. The second kappa shape index (κ2) is 11.2. The van der Waals surface area contributed by atoms with E-state index in [-0.39, 0.29) is 0 Å². The van der Waals surface area contributed by atoms with E-state index in [4.69, 9.17) is 0 Å². The summed E-state index contributed by atoms with van der Waals surface area (Å²) >= 11 is 0. The Morgan fingerprint density at radius 3 is 1.29 bits per heavy atom. The van der Waals surface area contributed by atoms with Gasteiger partial charge in [0.05, 0.1) is 0 Å². The number of rotatable bonds is 4. The van der Waals surface area contributed by atoms with Gasteiger partial charge in [0.1, 0.15) is 0 Å². The third-order valence-electron chi connectivity index (χ3n) is 10.6. The van der Waals surface area contributed by atoms with Crippen LogP contribution in [0.1, 0.15) is 11.1 Å². The van der Waals surface area contributed by atoms with Crippen molar-refractivity contribution in [1.82, 2.24) is 0 Å². The van der Waals surface area contributed by atoms with Crippen molar-refractivity contribution in [3.8, 4) is 55.6 Å². The molecule has 0 N–H and O–H groups in total. The van der Waals surface area contributed by atoms with Gasteiger partial charge in [0, 0.05) is 0 Å². The average molecular weight is 621 g/mol. The standard InChI is InChI=1S/C49H32/c1-2-12-32(13-3-1)33-24-26-34(27-25-33)36-14-4-5-15-38(36)43-22-11-23-45-44-21-10-20-37(48(44)31-49(43)45)35-28-29-46-41-18-7-6-16-39(41)40-17-8-9-19-42(40)47(46)30-35/h1-30H,31H2. The van der Waals surface area contributed by atoms with Crippen LogP contribution in [0.3, 0.4) is 0 Å². The van der Waals surface area contributed by atoms with Crippen molar-refractivity contribution in [2.24, 2.45) is 0 Å². The minimum Gasteiger partial charge on any atom is -0.0622 e. The highest BCUT2D eigenvalue weighted by molar-refractivity contribution is 6.25. The van der Waals surface area contributed by atoms with E-state index in [9.17, 15) is 0 Å². The number of benzene rings is 9. The molecule has 0 aliphatic heterocycles. The van der Waals surface area contributed by atoms with E-state index in [1.54, 1.807) is 0 Å². The molecule has 1 aliphatic rings. The first-order valence-corrected chi connectivity index (χ1v) is 17.1. The van der Waals surface area contributed by atoms with E-state index in [0.717, 1.165) is 6.42 Å². The fourth-order valence-electron chi connectivity index (χ4n) is 8.28. The zero-order valence-corrected chi connectivity index (χ0v) is 27.0. The Morgan fingerprint density at radius 1 is 0.224 bits per heavy atom. The lowest BCUT2D eigenvalue weighted by atomic mass is 9.89. The van der Waals surface area contributed by atoms with Crippen LogP contribution in [0.15, 0.2) is 182 Å². The van der Waals surface area contributed by atoms with Crippen LogP contribution < -0.4 is 0 Å². The van der Waals surface area contributed by atoms with Gasteiger partial charge in [-0.15, -0.1) is 0 Å². The van der Waals surface area contributed by atoms with Crippen molar-refractivity contribution in [1.29, 1.82) is 0 Å². The lowest BCUT2D eigenvalue weighted by molar-refractivity contribution is 1.26. The molecular formula is C49H32. The topological polar surface area (TPSA) is 0 Å². The smallest absolute Gasteiger partial charge is 0.000111 e. The molecule has 0 fully saturated rings. The largest absolute Gasteiger partial charge is 0.0622 e. The average Bonchev–Trinajstić information content (AvgIpc) is 3.58. The second-order valence-electron chi connectivity index (χ2n) is 13.2. The van der Waals surface area contributed by atoms with Gasteiger partial charge in [-0.25, -0.2) is 0 Å².